The van der Waals surface area contributed by atoms with Gasteiger partial charge >= 0.3 is 0 Å². The molecule has 0 saturated heterocycles. The maximum atomic E-state index is 5.83. The van der Waals surface area contributed by atoms with Gasteiger partial charge in [-0.3, -0.25) is 0 Å². The summed E-state index contributed by atoms with van der Waals surface area (Å²) in [5, 5.41) is 0.614. The van der Waals surface area contributed by atoms with E-state index in [0.717, 1.165) is 10.2 Å². The monoisotopic (exact) mass is 234 g/mol. The molecule has 0 spiro atoms. The van der Waals surface area contributed by atoms with Gasteiger partial charge in [-0.25, -0.2) is 4.98 Å². The minimum Gasteiger partial charge on any atom is -0.324 e. The fraction of sp³-hybridized carbons (Fsp3) is 0.286. The molecule has 60 valence electrons. The molecule has 0 radical (unpaired) electrons. The van der Waals surface area contributed by atoms with Gasteiger partial charge in [0, 0.05) is 12.2 Å². The second kappa shape index (κ2) is 3.52. The second-order valence-corrected chi connectivity index (χ2v) is 3.54. The Morgan fingerprint density at radius 3 is 2.82 bits per heavy atom. The second-order valence-electron chi connectivity index (χ2n) is 2.32. The molecule has 1 unspecified atom stereocenters. The lowest BCUT2D eigenvalue weighted by atomic mass is 10.1. The molecule has 1 aromatic heterocycles. The molecular formula is C7H8BrClN2. The number of rotatable bonds is 1. The summed E-state index contributed by atoms with van der Waals surface area (Å²) in [6, 6.07) is 1.77. The summed E-state index contributed by atoms with van der Waals surface area (Å²) in [6.07, 6.45) is 1.59. The molecule has 0 aliphatic rings. The average molecular weight is 236 g/mol. The minimum atomic E-state index is -0.0539. The molecule has 4 heteroatoms. The van der Waals surface area contributed by atoms with E-state index in [0.29, 0.717) is 5.02 Å². The third-order valence-corrected chi connectivity index (χ3v) is 2.09. The minimum absolute atomic E-state index is 0.0539. The number of halogens is 2. The molecule has 0 saturated carbocycles. The molecule has 1 aromatic rings. The van der Waals surface area contributed by atoms with Crippen molar-refractivity contribution in [3.05, 3.63) is 27.5 Å². The van der Waals surface area contributed by atoms with E-state index in [-0.39, 0.29) is 6.04 Å². The molecule has 0 aliphatic heterocycles. The van der Waals surface area contributed by atoms with Crippen molar-refractivity contribution in [3.63, 3.8) is 0 Å². The summed E-state index contributed by atoms with van der Waals surface area (Å²) in [7, 11) is 0. The van der Waals surface area contributed by atoms with Gasteiger partial charge in [-0.05, 0) is 34.5 Å². The van der Waals surface area contributed by atoms with Crippen molar-refractivity contribution < 1.29 is 0 Å². The summed E-state index contributed by atoms with van der Waals surface area (Å²) in [5.41, 5.74) is 6.56. The summed E-state index contributed by atoms with van der Waals surface area (Å²) in [6.45, 7) is 1.88. The first kappa shape index (κ1) is 8.97. The highest BCUT2D eigenvalue weighted by Gasteiger charge is 2.05. The van der Waals surface area contributed by atoms with Crippen LogP contribution in [0, 0.1) is 0 Å². The normalized spacial score (nSPS) is 13.1. The fourth-order valence-corrected chi connectivity index (χ4v) is 1.40. The molecule has 1 rings (SSSR count). The van der Waals surface area contributed by atoms with Gasteiger partial charge in [-0.1, -0.05) is 11.6 Å². The number of hydrogen-bond acceptors (Lipinski definition) is 2. The molecule has 2 N–H and O–H groups in total. The van der Waals surface area contributed by atoms with Gasteiger partial charge in [0.2, 0.25) is 0 Å². The van der Waals surface area contributed by atoms with Crippen LogP contribution in [-0.4, -0.2) is 4.98 Å². The lowest BCUT2D eigenvalue weighted by molar-refractivity contribution is 0.814. The Morgan fingerprint density at radius 1 is 1.73 bits per heavy atom. The molecule has 1 atom stereocenters. The van der Waals surface area contributed by atoms with E-state index in [1.54, 1.807) is 6.20 Å². The highest BCUT2D eigenvalue weighted by Crippen LogP contribution is 2.22. The third-order valence-electron chi connectivity index (χ3n) is 1.34. The van der Waals surface area contributed by atoms with Crippen molar-refractivity contribution >= 4 is 27.5 Å². The van der Waals surface area contributed by atoms with Crippen LogP contribution in [0.25, 0.3) is 0 Å². The van der Waals surface area contributed by atoms with Crippen LogP contribution in [0.5, 0.6) is 0 Å². The van der Waals surface area contributed by atoms with Crippen LogP contribution in [0.4, 0.5) is 0 Å². The van der Waals surface area contributed by atoms with Crippen molar-refractivity contribution in [2.24, 2.45) is 5.73 Å². The van der Waals surface area contributed by atoms with Crippen LogP contribution >= 0.6 is 27.5 Å². The average Bonchev–Trinajstić information content (AvgIpc) is 1.94. The van der Waals surface area contributed by atoms with E-state index in [1.165, 1.54) is 0 Å². The maximum Gasteiger partial charge on any atom is 0.106 e. The van der Waals surface area contributed by atoms with Crippen LogP contribution in [0.2, 0.25) is 5.02 Å². The van der Waals surface area contributed by atoms with Gasteiger partial charge in [0.1, 0.15) is 4.60 Å². The molecule has 0 aliphatic carbocycles. The van der Waals surface area contributed by atoms with Crippen molar-refractivity contribution in [2.75, 3.05) is 0 Å². The number of pyridine rings is 1. The van der Waals surface area contributed by atoms with Crippen LogP contribution in [0.15, 0.2) is 16.9 Å². The Labute approximate surface area is 78.9 Å². The van der Waals surface area contributed by atoms with Gasteiger partial charge in [0.25, 0.3) is 0 Å². The molecule has 0 fully saturated rings. The zero-order chi connectivity index (χ0) is 8.43. The van der Waals surface area contributed by atoms with E-state index < -0.39 is 0 Å². The molecule has 11 heavy (non-hydrogen) atoms. The Hall–Kier alpha value is -0.120. The van der Waals surface area contributed by atoms with E-state index in [2.05, 4.69) is 20.9 Å². The zero-order valence-electron chi connectivity index (χ0n) is 6.01. The van der Waals surface area contributed by atoms with Crippen molar-refractivity contribution in [2.45, 2.75) is 13.0 Å². The highest BCUT2D eigenvalue weighted by molar-refractivity contribution is 9.10. The number of nitrogens with zero attached hydrogens (tertiary/aromatic N) is 1. The van der Waals surface area contributed by atoms with Crippen LogP contribution in [0.1, 0.15) is 18.5 Å². The molecule has 0 bridgehead atoms. The fourth-order valence-electron chi connectivity index (χ4n) is 0.776. The Bertz CT molecular complexity index is 263. The first-order chi connectivity index (χ1) is 5.11. The summed E-state index contributed by atoms with van der Waals surface area (Å²) in [5.74, 6) is 0. The van der Waals surface area contributed by atoms with Crippen molar-refractivity contribution in [1.82, 2.24) is 4.98 Å². The molecular weight excluding hydrogens is 227 g/mol. The smallest absolute Gasteiger partial charge is 0.106 e. The van der Waals surface area contributed by atoms with Crippen LogP contribution < -0.4 is 5.73 Å². The zero-order valence-corrected chi connectivity index (χ0v) is 8.35. The summed E-state index contributed by atoms with van der Waals surface area (Å²) < 4.78 is 0.759. The molecule has 1 heterocycles. The number of aromatic nitrogens is 1. The largest absolute Gasteiger partial charge is 0.324 e. The first-order valence-corrected chi connectivity index (χ1v) is 4.35. The quantitative estimate of drug-likeness (QED) is 0.760. The van der Waals surface area contributed by atoms with E-state index >= 15 is 0 Å². The van der Waals surface area contributed by atoms with Crippen molar-refractivity contribution in [3.8, 4) is 0 Å². The lowest BCUT2D eigenvalue weighted by Crippen LogP contribution is -2.05. The third kappa shape index (κ3) is 2.15. The predicted octanol–water partition coefficient (Wildman–Crippen LogP) is 2.52. The Kier molecular flexibility index (Phi) is 2.87. The van der Waals surface area contributed by atoms with E-state index in [1.807, 2.05) is 13.0 Å². The van der Waals surface area contributed by atoms with Crippen LogP contribution in [0.3, 0.4) is 0 Å². The summed E-state index contributed by atoms with van der Waals surface area (Å²) in [4.78, 5) is 3.95. The SMILES string of the molecule is CC(N)c1cc(Br)ncc1Cl. The Balaban J connectivity index is 3.13. The predicted molar refractivity (Wildman–Crippen MR) is 49.5 cm³/mol. The highest BCUT2D eigenvalue weighted by atomic mass is 79.9. The van der Waals surface area contributed by atoms with Gasteiger partial charge < -0.3 is 5.73 Å². The summed E-state index contributed by atoms with van der Waals surface area (Å²) >= 11 is 9.07. The first-order valence-electron chi connectivity index (χ1n) is 3.18. The van der Waals surface area contributed by atoms with Gasteiger partial charge in [-0.2, -0.15) is 0 Å². The maximum absolute atomic E-state index is 5.83. The lowest BCUT2D eigenvalue weighted by Gasteiger charge is -2.06. The molecule has 0 aromatic carbocycles. The van der Waals surface area contributed by atoms with E-state index in [9.17, 15) is 0 Å². The Morgan fingerprint density at radius 2 is 2.36 bits per heavy atom. The van der Waals surface area contributed by atoms with Gasteiger partial charge in [0.15, 0.2) is 0 Å². The standard InChI is InChI=1S/C7H8BrClN2/c1-4(10)5-2-7(8)11-3-6(5)9/h2-4H,10H2,1H3. The molecule has 0 amide bonds. The van der Waals surface area contributed by atoms with Crippen LogP contribution in [-0.2, 0) is 0 Å². The van der Waals surface area contributed by atoms with E-state index in [4.69, 9.17) is 17.3 Å². The van der Waals surface area contributed by atoms with Gasteiger partial charge in [0.05, 0.1) is 5.02 Å². The topological polar surface area (TPSA) is 38.9 Å². The van der Waals surface area contributed by atoms with Gasteiger partial charge in [-0.15, -0.1) is 0 Å². The number of hydrogen-bond donors (Lipinski definition) is 1. The van der Waals surface area contributed by atoms with Crippen molar-refractivity contribution in [1.29, 1.82) is 0 Å². The molecule has 2 nitrogen and oxygen atoms in total. The number of nitrogens with two attached hydrogens (primary N) is 1.